The summed E-state index contributed by atoms with van der Waals surface area (Å²) < 4.78 is 0.0417. The average Bonchev–Trinajstić information content (AvgIpc) is 0.811. The van der Waals surface area contributed by atoms with E-state index in [-0.39, 0.29) is 4.68 Å². The summed E-state index contributed by atoms with van der Waals surface area (Å²) in [7, 11) is 0. The molecule has 0 aliphatic heterocycles. The molecule has 0 aliphatic carbocycles. The summed E-state index contributed by atoms with van der Waals surface area (Å²) in [6, 6.07) is 0. The van der Waals surface area contributed by atoms with Gasteiger partial charge in [0.25, 0.3) is 0 Å². The minimum atomic E-state index is 0.0417. The first-order chi connectivity index (χ1) is 1.73. The predicted octanol–water partition coefficient (Wildman–Crippen LogP) is -0.299. The second-order valence-corrected chi connectivity index (χ2v) is 1.70. The van der Waals surface area contributed by atoms with Crippen LogP contribution < -0.4 is 0 Å². The molecule has 0 unspecified atom stereocenters. The van der Waals surface area contributed by atoms with Crippen LogP contribution in [0.2, 0.25) is 0 Å². The molecular weight excluding hydrogens is 119 g/mol. The van der Waals surface area contributed by atoms with Gasteiger partial charge >= 0.3 is 32.4 Å². The number of carbonyl (C=O) groups is 1. The third kappa shape index (κ3) is 86.3. The topological polar surface area (TPSA) is 17.1 Å². The van der Waals surface area contributed by atoms with E-state index in [1.807, 2.05) is 0 Å². The standard InChI is InChI=1S/C2H3OSe/c1-2(3)4/h1H3. The van der Waals surface area contributed by atoms with Crippen LogP contribution in [0, 0.1) is 0 Å². The van der Waals surface area contributed by atoms with Crippen LogP contribution in [0.15, 0.2) is 0 Å². The monoisotopic (exact) mass is 123 g/mol. The molecule has 0 bridgehead atoms. The van der Waals surface area contributed by atoms with Crippen molar-refractivity contribution in [1.82, 2.24) is 0 Å². The van der Waals surface area contributed by atoms with Crippen molar-refractivity contribution < 1.29 is 4.79 Å². The van der Waals surface area contributed by atoms with E-state index in [1.54, 1.807) is 0 Å². The summed E-state index contributed by atoms with van der Waals surface area (Å²) in [5, 5.41) is 0. The SMILES string of the molecule is CC(=O)[Se]. The van der Waals surface area contributed by atoms with Crippen molar-refractivity contribution in [2.24, 2.45) is 0 Å². The van der Waals surface area contributed by atoms with E-state index < -0.39 is 0 Å². The molecule has 0 aromatic heterocycles. The van der Waals surface area contributed by atoms with Crippen LogP contribution >= 0.6 is 0 Å². The Balaban J connectivity index is 2.80. The summed E-state index contributed by atoms with van der Waals surface area (Å²) in [5.74, 6) is 0. The first-order valence-corrected chi connectivity index (χ1v) is 1.76. The van der Waals surface area contributed by atoms with Gasteiger partial charge in [-0.25, -0.2) is 0 Å². The summed E-state index contributed by atoms with van der Waals surface area (Å²) in [6.45, 7) is 1.47. The fraction of sp³-hybridized carbons (Fsp3) is 0.500. The average molecular weight is 122 g/mol. The van der Waals surface area contributed by atoms with Crippen LogP contribution in [0.5, 0.6) is 0 Å². The van der Waals surface area contributed by atoms with Gasteiger partial charge in [-0.05, 0) is 0 Å². The van der Waals surface area contributed by atoms with E-state index in [0.29, 0.717) is 0 Å². The molecule has 0 aromatic carbocycles. The molecule has 0 amide bonds. The van der Waals surface area contributed by atoms with Crippen molar-refractivity contribution in [3.05, 3.63) is 0 Å². The van der Waals surface area contributed by atoms with Crippen LogP contribution in [0.25, 0.3) is 0 Å². The normalized spacial score (nSPS) is 6.25. The molecule has 1 nitrogen and oxygen atoms in total. The molecule has 0 aromatic rings. The molecule has 0 fully saturated rings. The number of hydrogen-bond donors (Lipinski definition) is 0. The fourth-order valence-corrected chi connectivity index (χ4v) is 0. The molecule has 0 saturated carbocycles. The van der Waals surface area contributed by atoms with Crippen LogP contribution in [-0.2, 0) is 4.79 Å². The van der Waals surface area contributed by atoms with E-state index in [1.165, 1.54) is 6.92 Å². The molecule has 0 spiro atoms. The quantitative estimate of drug-likeness (QED) is 0.403. The Labute approximate surface area is 33.2 Å². The van der Waals surface area contributed by atoms with E-state index in [2.05, 4.69) is 16.0 Å². The van der Waals surface area contributed by atoms with Gasteiger partial charge in [-0.1, -0.05) is 0 Å². The van der Waals surface area contributed by atoms with Gasteiger partial charge in [-0.3, -0.25) is 0 Å². The van der Waals surface area contributed by atoms with Crippen LogP contribution in [-0.4, -0.2) is 20.7 Å². The summed E-state index contributed by atoms with van der Waals surface area (Å²) >= 11 is 2.26. The molecule has 0 atom stereocenters. The predicted molar refractivity (Wildman–Crippen MR) is 16.4 cm³/mol. The van der Waals surface area contributed by atoms with Gasteiger partial charge in [0, 0.05) is 0 Å². The summed E-state index contributed by atoms with van der Waals surface area (Å²) in [4.78, 5) is 9.39. The van der Waals surface area contributed by atoms with E-state index >= 15 is 0 Å². The van der Waals surface area contributed by atoms with Gasteiger partial charge < -0.3 is 0 Å². The Morgan fingerprint density at radius 2 is 2.00 bits per heavy atom. The Hall–Kier alpha value is 0.189. The molecule has 0 saturated heterocycles. The number of carbonyl (C=O) groups excluding carboxylic acids is 1. The maximum absolute atomic E-state index is 9.39. The molecule has 1 radical (unpaired) electrons. The maximum atomic E-state index is 9.39. The van der Waals surface area contributed by atoms with E-state index in [4.69, 9.17) is 0 Å². The van der Waals surface area contributed by atoms with E-state index in [9.17, 15) is 4.79 Å². The fourth-order valence-electron chi connectivity index (χ4n) is 0. The minimum absolute atomic E-state index is 0.0417. The first kappa shape index (κ1) is 4.19. The molecule has 0 heterocycles. The zero-order valence-corrected chi connectivity index (χ0v) is 4.03. The molecule has 0 aliphatic rings. The Morgan fingerprint density at radius 3 is 2.00 bits per heavy atom. The van der Waals surface area contributed by atoms with Crippen molar-refractivity contribution in [3.8, 4) is 0 Å². The van der Waals surface area contributed by atoms with Gasteiger partial charge in [0.1, 0.15) is 0 Å². The zero-order chi connectivity index (χ0) is 3.58. The van der Waals surface area contributed by atoms with E-state index in [0.717, 1.165) is 0 Å². The molecule has 0 N–H and O–H groups in total. The second kappa shape index (κ2) is 1.50. The van der Waals surface area contributed by atoms with Gasteiger partial charge in [-0.15, -0.1) is 0 Å². The Kier molecular flexibility index (Phi) is 1.57. The van der Waals surface area contributed by atoms with Gasteiger partial charge in [0.05, 0.1) is 0 Å². The molecule has 0 rings (SSSR count). The van der Waals surface area contributed by atoms with Crippen LogP contribution in [0.4, 0.5) is 0 Å². The van der Waals surface area contributed by atoms with Crippen molar-refractivity contribution in [3.63, 3.8) is 0 Å². The molecule has 4 heavy (non-hydrogen) atoms. The molecule has 2 heteroatoms. The summed E-state index contributed by atoms with van der Waals surface area (Å²) in [6.07, 6.45) is 0. The zero-order valence-electron chi connectivity index (χ0n) is 2.32. The Morgan fingerprint density at radius 1 is 2.00 bits per heavy atom. The van der Waals surface area contributed by atoms with Gasteiger partial charge in [-0.2, -0.15) is 0 Å². The van der Waals surface area contributed by atoms with Crippen molar-refractivity contribution in [1.29, 1.82) is 0 Å². The molecular formula is C2H3OSe. The van der Waals surface area contributed by atoms with Crippen molar-refractivity contribution in [2.75, 3.05) is 0 Å². The summed E-state index contributed by atoms with van der Waals surface area (Å²) in [5.41, 5.74) is 0. The van der Waals surface area contributed by atoms with Crippen molar-refractivity contribution in [2.45, 2.75) is 6.92 Å². The Bertz CT molecular complexity index is 29.0. The first-order valence-electron chi connectivity index (χ1n) is 0.908. The van der Waals surface area contributed by atoms with Gasteiger partial charge in [0.15, 0.2) is 0 Å². The van der Waals surface area contributed by atoms with Crippen molar-refractivity contribution >= 4 is 20.7 Å². The van der Waals surface area contributed by atoms with Crippen LogP contribution in [0.3, 0.4) is 0 Å². The third-order valence-electron chi connectivity index (χ3n) is 0. The second-order valence-electron chi connectivity index (χ2n) is 0.492. The molecule has 23 valence electrons. The number of hydrogen-bond acceptors (Lipinski definition) is 1. The van der Waals surface area contributed by atoms with Gasteiger partial charge in [0.2, 0.25) is 0 Å². The number of rotatable bonds is 0. The third-order valence-corrected chi connectivity index (χ3v) is 0. The van der Waals surface area contributed by atoms with Crippen LogP contribution in [0.1, 0.15) is 6.92 Å².